The zero-order valence-corrected chi connectivity index (χ0v) is 45.1. The van der Waals surface area contributed by atoms with Crippen LogP contribution in [0.1, 0.15) is 248 Å². The van der Waals surface area contributed by atoms with Crippen molar-refractivity contribution in [3.05, 3.63) is 0 Å². The van der Waals surface area contributed by atoms with Crippen LogP contribution in [0.2, 0.25) is 0 Å². The smallest absolute Gasteiger partial charge is 0.196 e. The maximum atomic E-state index is 5.28. The van der Waals surface area contributed by atoms with E-state index in [4.69, 9.17) is 15.0 Å². The third kappa shape index (κ3) is 22.2. The van der Waals surface area contributed by atoms with Crippen molar-refractivity contribution in [3.8, 4) is 0 Å². The first-order valence-corrected chi connectivity index (χ1v) is 29.0. The van der Waals surface area contributed by atoms with Gasteiger partial charge in [0, 0.05) is 79.0 Å². The molecule has 9 nitrogen and oxygen atoms in total. The van der Waals surface area contributed by atoms with E-state index in [0.29, 0.717) is 24.2 Å². The van der Waals surface area contributed by atoms with Gasteiger partial charge in [-0.25, -0.2) is 15.0 Å². The van der Waals surface area contributed by atoms with E-state index >= 15 is 0 Å². The fraction of sp³-hybridized carbons (Fsp3) is 0.946. The molecule has 0 bridgehead atoms. The first kappa shape index (κ1) is 57.1. The fourth-order valence-corrected chi connectivity index (χ4v) is 11.0. The lowest BCUT2D eigenvalue weighted by Crippen LogP contribution is -2.47. The highest BCUT2D eigenvalue weighted by molar-refractivity contribution is 5.81. The molecule has 0 aromatic carbocycles. The van der Waals surface area contributed by atoms with Gasteiger partial charge < -0.3 is 29.4 Å². The molecule has 9 heteroatoms. The number of aliphatic imine (C=N–C) groups is 3. The van der Waals surface area contributed by atoms with Gasteiger partial charge in [-0.2, -0.15) is 0 Å². The van der Waals surface area contributed by atoms with Gasteiger partial charge in [-0.05, 0) is 116 Å². The highest BCUT2D eigenvalue weighted by Crippen LogP contribution is 2.26. The third-order valence-electron chi connectivity index (χ3n) is 14.9. The van der Waals surface area contributed by atoms with E-state index in [1.54, 1.807) is 0 Å². The molecule has 4 saturated carbocycles. The van der Waals surface area contributed by atoms with Crippen LogP contribution in [0, 0.1) is 0 Å². The molecule has 5 fully saturated rings. The Bertz CT molecular complexity index is 1190. The van der Waals surface area contributed by atoms with Gasteiger partial charge in [-0.15, -0.1) is 0 Å². The van der Waals surface area contributed by atoms with Gasteiger partial charge in [0.05, 0.1) is 18.1 Å². The minimum atomic E-state index is 0.566. The number of hydrogen-bond donors (Lipinski definition) is 0. The molecule has 380 valence electrons. The zero-order chi connectivity index (χ0) is 46.9. The van der Waals surface area contributed by atoms with Gasteiger partial charge in [0.25, 0.3) is 0 Å². The molecule has 5 rings (SSSR count). The standard InChI is InChI=1S/C19H37N3.C19H39N3.C18H35N3/c1-4-5-16-21(2)19(20-17-12-8-6-9-13-17)22(3)18-14-10-7-11-15-18;1-5-14-21(15-6-2)19(22(16-7-3)17-8-4)20-18-12-10-9-11-13-18;1-3-5-14-20(4-2)18(21-15-10-7-11-16-21)19-17-12-8-6-9-13-17/h17-18H,4-16H2,1-3H3;18H,5-17H2,1-4H3;17H,3-16H2,1-2H3. The van der Waals surface area contributed by atoms with Crippen LogP contribution in [0.5, 0.6) is 0 Å². The Morgan fingerprint density at radius 2 is 0.785 bits per heavy atom. The highest BCUT2D eigenvalue weighted by Gasteiger charge is 2.26. The van der Waals surface area contributed by atoms with Crippen LogP contribution in [-0.4, -0.2) is 144 Å². The number of guanidine groups is 3. The fourth-order valence-electron chi connectivity index (χ4n) is 11.0. The lowest BCUT2D eigenvalue weighted by molar-refractivity contribution is 0.247. The second-order valence-corrected chi connectivity index (χ2v) is 20.8. The summed E-state index contributed by atoms with van der Waals surface area (Å²) >= 11 is 0. The molecule has 5 aliphatic rings. The monoisotopic (exact) mass is 910 g/mol. The Kier molecular flexibility index (Phi) is 31.5. The normalized spacial score (nSPS) is 19.7. The number of nitrogens with zero attached hydrogens (tertiary/aromatic N) is 9. The Labute approximate surface area is 405 Å². The molecule has 0 N–H and O–H groups in total. The van der Waals surface area contributed by atoms with Gasteiger partial charge in [-0.1, -0.05) is 131 Å². The van der Waals surface area contributed by atoms with Crippen molar-refractivity contribution in [1.29, 1.82) is 0 Å². The van der Waals surface area contributed by atoms with Crippen molar-refractivity contribution in [1.82, 2.24) is 29.4 Å². The van der Waals surface area contributed by atoms with Crippen molar-refractivity contribution in [2.24, 2.45) is 15.0 Å². The molecular formula is C56H111N9. The topological polar surface area (TPSA) is 56.5 Å². The first-order chi connectivity index (χ1) is 31.8. The minimum Gasteiger partial charge on any atom is -0.346 e. The molecule has 0 radical (unpaired) electrons. The van der Waals surface area contributed by atoms with Gasteiger partial charge in [0.2, 0.25) is 0 Å². The van der Waals surface area contributed by atoms with E-state index < -0.39 is 0 Å². The van der Waals surface area contributed by atoms with Crippen molar-refractivity contribution >= 4 is 17.9 Å². The second-order valence-electron chi connectivity index (χ2n) is 20.8. The average molecular weight is 911 g/mol. The average Bonchev–Trinajstić information content (AvgIpc) is 3.35. The van der Waals surface area contributed by atoms with Crippen molar-refractivity contribution in [3.63, 3.8) is 0 Å². The Balaban J connectivity index is 0.000000259. The minimum absolute atomic E-state index is 0.566. The maximum absolute atomic E-state index is 5.28. The van der Waals surface area contributed by atoms with Crippen LogP contribution in [0.3, 0.4) is 0 Å². The highest BCUT2D eigenvalue weighted by atomic mass is 15.4. The predicted octanol–water partition coefficient (Wildman–Crippen LogP) is 13.9. The van der Waals surface area contributed by atoms with Crippen LogP contribution in [0.4, 0.5) is 0 Å². The van der Waals surface area contributed by atoms with Gasteiger partial charge in [0.15, 0.2) is 17.9 Å². The lowest BCUT2D eigenvalue weighted by Gasteiger charge is -2.38. The van der Waals surface area contributed by atoms with Gasteiger partial charge in [-0.3, -0.25) is 0 Å². The third-order valence-corrected chi connectivity index (χ3v) is 14.9. The van der Waals surface area contributed by atoms with E-state index in [9.17, 15) is 0 Å². The summed E-state index contributed by atoms with van der Waals surface area (Å²) in [6.45, 7) is 26.4. The van der Waals surface area contributed by atoms with Crippen LogP contribution >= 0.6 is 0 Å². The number of piperidine rings is 1. The molecule has 0 aromatic rings. The van der Waals surface area contributed by atoms with E-state index in [1.165, 1.54) is 237 Å². The molecule has 0 atom stereocenters. The summed E-state index contributed by atoms with van der Waals surface area (Å²) in [6, 6.07) is 2.43. The number of unbranched alkanes of at least 4 members (excludes halogenated alkanes) is 2. The van der Waals surface area contributed by atoms with Crippen LogP contribution < -0.4 is 0 Å². The molecule has 0 aromatic heterocycles. The van der Waals surface area contributed by atoms with Gasteiger partial charge in [0.1, 0.15) is 0 Å². The largest absolute Gasteiger partial charge is 0.346 e. The molecule has 4 aliphatic carbocycles. The molecule has 1 aliphatic heterocycles. The maximum Gasteiger partial charge on any atom is 0.196 e. The number of rotatable bonds is 19. The summed E-state index contributed by atoms with van der Waals surface area (Å²) in [5, 5.41) is 0. The van der Waals surface area contributed by atoms with Crippen molar-refractivity contribution in [2.45, 2.75) is 272 Å². The summed E-state index contributed by atoms with van der Waals surface area (Å²) in [5.41, 5.74) is 0. The zero-order valence-electron chi connectivity index (χ0n) is 45.1. The number of hydrogen-bond acceptors (Lipinski definition) is 3. The van der Waals surface area contributed by atoms with Crippen LogP contribution in [-0.2, 0) is 0 Å². The Morgan fingerprint density at radius 1 is 0.400 bits per heavy atom. The van der Waals surface area contributed by atoms with E-state index in [-0.39, 0.29) is 0 Å². The predicted molar refractivity (Wildman–Crippen MR) is 287 cm³/mol. The van der Waals surface area contributed by atoms with Crippen LogP contribution in [0.15, 0.2) is 15.0 Å². The molecule has 0 unspecified atom stereocenters. The Hall–Kier alpha value is -2.19. The lowest BCUT2D eigenvalue weighted by atomic mass is 9.94. The molecule has 0 spiro atoms. The van der Waals surface area contributed by atoms with E-state index in [1.807, 2.05) is 0 Å². The van der Waals surface area contributed by atoms with Crippen LogP contribution in [0.25, 0.3) is 0 Å². The molecular weight excluding hydrogens is 799 g/mol. The molecule has 1 heterocycles. The summed E-state index contributed by atoms with van der Waals surface area (Å²) in [7, 11) is 4.54. The van der Waals surface area contributed by atoms with Crippen molar-refractivity contribution in [2.75, 3.05) is 73.0 Å². The van der Waals surface area contributed by atoms with Gasteiger partial charge >= 0.3 is 0 Å². The van der Waals surface area contributed by atoms with E-state index in [0.717, 1.165) is 39.3 Å². The summed E-state index contributed by atoms with van der Waals surface area (Å²) in [5.74, 6) is 3.91. The van der Waals surface area contributed by atoms with Crippen molar-refractivity contribution < 1.29 is 0 Å². The molecule has 65 heavy (non-hydrogen) atoms. The first-order valence-electron chi connectivity index (χ1n) is 29.0. The summed E-state index contributed by atoms with van der Waals surface area (Å²) in [6.07, 6.45) is 41.1. The molecule has 1 saturated heterocycles. The summed E-state index contributed by atoms with van der Waals surface area (Å²) < 4.78 is 0. The Morgan fingerprint density at radius 3 is 1.20 bits per heavy atom. The number of likely N-dealkylation sites (tertiary alicyclic amines) is 1. The van der Waals surface area contributed by atoms with E-state index in [2.05, 4.69) is 92.0 Å². The summed E-state index contributed by atoms with van der Waals surface area (Å²) in [4.78, 5) is 30.9. The SMILES string of the molecule is CCCCN(C)C(=NC1CCCCC1)N(C)C1CCCCC1.CCCCN(CC)C(=NC1CCCCC1)N1CCCCC1.CCCN(CCC)C(=NC1CCCCC1)N(CCC)CCC. The molecule has 0 amide bonds. The quantitative estimate of drug-likeness (QED) is 0.0951. The second kappa shape index (κ2) is 35.9.